The molecule has 0 unspecified atom stereocenters. The largest absolute Gasteiger partial charge is 0.490 e. The number of halogens is 3. The number of hydrogen-bond acceptors (Lipinski definition) is 8. The molecule has 0 saturated heterocycles. The van der Waals surface area contributed by atoms with Crippen molar-refractivity contribution in [3.63, 3.8) is 0 Å². The molecule has 6 N–H and O–H groups in total. The number of carbonyl (C=O) groups excluding carboxylic acids is 1. The minimum absolute atomic E-state index is 0.0124. The number of aliphatic imine (C=N–C) groups is 1. The van der Waals surface area contributed by atoms with Crippen molar-refractivity contribution in [3.8, 4) is 0 Å². The second-order valence-electron chi connectivity index (χ2n) is 9.20. The number of carboxylic acids is 2. The van der Waals surface area contributed by atoms with Crippen LogP contribution in [-0.4, -0.2) is 67.7 Å². The molecular weight excluding hydrogens is 607 g/mol. The van der Waals surface area contributed by atoms with Crippen LogP contribution in [0, 0.1) is 0 Å². The number of guanidine groups is 1. The third-order valence-electron chi connectivity index (χ3n) is 5.83. The Balaban J connectivity index is 0.000000676. The molecule has 4 rings (SSSR count). The van der Waals surface area contributed by atoms with E-state index >= 15 is 0 Å². The van der Waals surface area contributed by atoms with Gasteiger partial charge in [-0.1, -0.05) is 36.4 Å². The second-order valence-corrected chi connectivity index (χ2v) is 10.9. The van der Waals surface area contributed by atoms with E-state index in [4.69, 9.17) is 9.90 Å². The first-order valence-electron chi connectivity index (χ1n) is 12.9. The van der Waals surface area contributed by atoms with Crippen molar-refractivity contribution >= 4 is 45.2 Å². The molecule has 3 aromatic rings. The molecule has 0 fully saturated rings. The molecule has 0 radical (unpaired) electrons. The van der Waals surface area contributed by atoms with Crippen LogP contribution in [0.5, 0.6) is 0 Å². The Labute approximate surface area is 250 Å². The number of hydrogen-bond donors (Lipinski definition) is 6. The molecule has 0 saturated carbocycles. The summed E-state index contributed by atoms with van der Waals surface area (Å²) in [7, 11) is -4.00. The maximum Gasteiger partial charge on any atom is 0.490 e. The molecule has 1 atom stereocenters. The number of nitrogens with zero attached hydrogens (tertiary/aromatic N) is 1. The van der Waals surface area contributed by atoms with E-state index in [1.807, 2.05) is 6.07 Å². The van der Waals surface area contributed by atoms with Gasteiger partial charge >= 0.3 is 18.1 Å². The summed E-state index contributed by atoms with van der Waals surface area (Å²) < 4.78 is 59.1. The van der Waals surface area contributed by atoms with Crippen molar-refractivity contribution in [2.75, 3.05) is 23.7 Å². The number of sulfonamides is 1. The molecule has 1 heterocycles. The molecule has 1 aliphatic heterocycles. The van der Waals surface area contributed by atoms with Gasteiger partial charge in [0.2, 0.25) is 10.0 Å². The number of benzene rings is 3. The van der Waals surface area contributed by atoms with Gasteiger partial charge in [0.1, 0.15) is 6.04 Å². The zero-order valence-corrected chi connectivity index (χ0v) is 23.7. The van der Waals surface area contributed by atoms with Crippen LogP contribution < -0.4 is 20.7 Å². The summed E-state index contributed by atoms with van der Waals surface area (Å²) >= 11 is 0. The summed E-state index contributed by atoms with van der Waals surface area (Å²) in [5, 5.41) is 25.8. The Bertz CT molecular complexity index is 1600. The molecule has 3 aromatic carbocycles. The molecule has 1 amide bonds. The van der Waals surface area contributed by atoms with Gasteiger partial charge in [-0.3, -0.25) is 14.6 Å². The fraction of sp³-hybridized carbons (Fsp3) is 0.214. The van der Waals surface area contributed by atoms with Crippen molar-refractivity contribution in [1.82, 2.24) is 10.0 Å². The molecule has 0 aromatic heterocycles. The van der Waals surface area contributed by atoms with E-state index in [1.54, 1.807) is 60.7 Å². The first kappa shape index (κ1) is 33.5. The standard InChI is InChI=1S/C26H27N5O5S.C2HF3O2/c32-24(19-6-4-7-21(17-19)30-26-27-14-5-15-28-26)29-20-12-10-18(11-13-20)16-23(25(33)34)31-37(35,36)22-8-2-1-3-9-22;3-2(4,5)1(6)7/h1-4,6-13,17,23,31H,5,14-16H2,(H,29,32)(H,33,34)(H2,27,28,30);(H,6,7)/t23-;/m0./s1. The Hall–Kier alpha value is -4.96. The van der Waals surface area contributed by atoms with Crippen LogP contribution in [-0.2, 0) is 26.0 Å². The van der Waals surface area contributed by atoms with E-state index in [-0.39, 0.29) is 17.2 Å². The normalized spacial score (nSPS) is 13.7. The number of nitrogens with one attached hydrogen (secondary N) is 4. The summed E-state index contributed by atoms with van der Waals surface area (Å²) in [6.07, 6.45) is -4.17. The monoisotopic (exact) mass is 635 g/mol. The quantitative estimate of drug-likeness (QED) is 0.205. The number of amides is 1. The lowest BCUT2D eigenvalue weighted by Crippen LogP contribution is -2.42. The van der Waals surface area contributed by atoms with Crippen molar-refractivity contribution in [3.05, 3.63) is 90.0 Å². The van der Waals surface area contributed by atoms with Crippen LogP contribution in [0.3, 0.4) is 0 Å². The number of carbonyl (C=O) groups is 3. The van der Waals surface area contributed by atoms with Crippen molar-refractivity contribution in [2.24, 2.45) is 4.99 Å². The maximum atomic E-state index is 12.8. The first-order valence-corrected chi connectivity index (χ1v) is 14.4. The van der Waals surface area contributed by atoms with Gasteiger partial charge in [0.05, 0.1) is 4.90 Å². The third kappa shape index (κ3) is 10.4. The van der Waals surface area contributed by atoms with E-state index in [1.165, 1.54) is 12.1 Å². The zero-order chi connectivity index (χ0) is 32.3. The maximum absolute atomic E-state index is 12.8. The summed E-state index contributed by atoms with van der Waals surface area (Å²) in [6.45, 7) is 1.59. The topological polar surface area (TPSA) is 186 Å². The average Bonchev–Trinajstić information content (AvgIpc) is 2.98. The SMILES string of the molecule is O=C(Nc1ccc(C[C@H](NS(=O)(=O)c2ccccc2)C(=O)O)cc1)c1cccc(NC2=NCCCN2)c1.O=C(O)C(F)(F)F. The molecule has 234 valence electrons. The second kappa shape index (κ2) is 15.0. The number of carboxylic acid groups (broad SMARTS) is 2. The van der Waals surface area contributed by atoms with Crippen LogP contribution >= 0.6 is 0 Å². The molecule has 12 nitrogen and oxygen atoms in total. The lowest BCUT2D eigenvalue weighted by Gasteiger charge is -2.16. The first-order chi connectivity index (χ1) is 20.7. The van der Waals surface area contributed by atoms with E-state index in [9.17, 15) is 36.3 Å². The Morgan fingerprint density at radius 1 is 0.932 bits per heavy atom. The summed E-state index contributed by atoms with van der Waals surface area (Å²) in [5.41, 5.74) is 2.29. The van der Waals surface area contributed by atoms with Crippen LogP contribution in [0.15, 0.2) is 88.8 Å². The highest BCUT2D eigenvalue weighted by atomic mass is 32.2. The number of anilines is 2. The van der Waals surface area contributed by atoms with Gasteiger partial charge in [0, 0.05) is 30.0 Å². The predicted molar refractivity (Wildman–Crippen MR) is 155 cm³/mol. The number of rotatable bonds is 9. The highest BCUT2D eigenvalue weighted by Gasteiger charge is 2.38. The zero-order valence-electron chi connectivity index (χ0n) is 22.8. The summed E-state index contributed by atoms with van der Waals surface area (Å²) in [6, 6.07) is 19.8. The smallest absolute Gasteiger partial charge is 0.480 e. The van der Waals surface area contributed by atoms with Crippen molar-refractivity contribution < 1.29 is 46.2 Å². The van der Waals surface area contributed by atoms with Gasteiger partial charge in [0.15, 0.2) is 5.96 Å². The predicted octanol–water partition coefficient (Wildman–Crippen LogP) is 3.31. The Morgan fingerprint density at radius 3 is 2.16 bits per heavy atom. The molecule has 0 aliphatic carbocycles. The lowest BCUT2D eigenvalue weighted by molar-refractivity contribution is -0.192. The van der Waals surface area contributed by atoms with Gasteiger partial charge in [-0.15, -0.1) is 0 Å². The van der Waals surface area contributed by atoms with Crippen LogP contribution in [0.2, 0.25) is 0 Å². The fourth-order valence-electron chi connectivity index (χ4n) is 3.69. The van der Waals surface area contributed by atoms with E-state index in [2.05, 4.69) is 25.7 Å². The molecule has 1 aliphatic rings. The Morgan fingerprint density at radius 2 is 1.59 bits per heavy atom. The fourth-order valence-corrected chi connectivity index (χ4v) is 4.90. The summed E-state index contributed by atoms with van der Waals surface area (Å²) in [4.78, 5) is 37.7. The van der Waals surface area contributed by atoms with E-state index in [0.717, 1.165) is 25.2 Å². The van der Waals surface area contributed by atoms with E-state index < -0.39 is 34.2 Å². The van der Waals surface area contributed by atoms with Crippen LogP contribution in [0.25, 0.3) is 0 Å². The van der Waals surface area contributed by atoms with Crippen LogP contribution in [0.4, 0.5) is 24.5 Å². The molecule has 44 heavy (non-hydrogen) atoms. The summed E-state index contributed by atoms with van der Waals surface area (Å²) in [5.74, 6) is -3.69. The highest BCUT2D eigenvalue weighted by molar-refractivity contribution is 7.89. The number of alkyl halides is 3. The van der Waals surface area contributed by atoms with Gasteiger partial charge in [-0.2, -0.15) is 17.9 Å². The minimum atomic E-state index is -5.08. The minimum Gasteiger partial charge on any atom is -0.480 e. The van der Waals surface area contributed by atoms with Crippen molar-refractivity contribution in [2.45, 2.75) is 30.0 Å². The highest BCUT2D eigenvalue weighted by Crippen LogP contribution is 2.17. The number of aliphatic carboxylic acids is 2. The molecule has 16 heteroatoms. The van der Waals surface area contributed by atoms with Gasteiger partial charge in [0.25, 0.3) is 5.91 Å². The average molecular weight is 636 g/mol. The third-order valence-corrected chi connectivity index (χ3v) is 7.32. The molecule has 0 spiro atoms. The van der Waals surface area contributed by atoms with Crippen LogP contribution in [0.1, 0.15) is 22.3 Å². The molecular formula is C28H28F3N5O7S. The van der Waals surface area contributed by atoms with Gasteiger partial charge < -0.3 is 26.2 Å². The van der Waals surface area contributed by atoms with E-state index in [0.29, 0.717) is 22.8 Å². The van der Waals surface area contributed by atoms with Crippen molar-refractivity contribution in [1.29, 1.82) is 0 Å². The van der Waals surface area contributed by atoms with Gasteiger partial charge in [-0.25, -0.2) is 13.2 Å². The molecule has 0 bridgehead atoms. The lowest BCUT2D eigenvalue weighted by atomic mass is 10.1. The Kier molecular flexibility index (Phi) is 11.4. The van der Waals surface area contributed by atoms with Gasteiger partial charge in [-0.05, 0) is 60.9 Å².